The number of rotatable bonds is 1. The number of aromatic nitrogens is 1. The molecule has 0 aromatic carbocycles. The van der Waals surface area contributed by atoms with Crippen molar-refractivity contribution in [2.45, 2.75) is 6.92 Å². The highest BCUT2D eigenvalue weighted by Crippen LogP contribution is 1.92. The second-order valence-corrected chi connectivity index (χ2v) is 2.72. The first-order valence-electron chi connectivity index (χ1n) is 3.10. The highest BCUT2D eigenvalue weighted by atomic mass is 32.1. The maximum Gasteiger partial charge on any atom is 0.182 e. The molecule has 0 saturated carbocycles. The molecule has 0 bridgehead atoms. The van der Waals surface area contributed by atoms with Gasteiger partial charge in [0.15, 0.2) is 5.43 Å². The lowest BCUT2D eigenvalue weighted by atomic mass is 10.3. The van der Waals surface area contributed by atoms with Crippen molar-refractivity contribution in [3.05, 3.63) is 33.7 Å². The van der Waals surface area contributed by atoms with E-state index in [1.54, 1.807) is 6.92 Å². The summed E-state index contributed by atoms with van der Waals surface area (Å²) in [5.41, 5.74) is 6.52. The quantitative estimate of drug-likeness (QED) is 0.594. The second-order valence-electron chi connectivity index (χ2n) is 2.28. The van der Waals surface area contributed by atoms with Crippen LogP contribution in [0.5, 0.6) is 0 Å². The van der Waals surface area contributed by atoms with Gasteiger partial charge < -0.3 is 10.7 Å². The van der Waals surface area contributed by atoms with Crippen LogP contribution in [0.15, 0.2) is 16.9 Å². The van der Waals surface area contributed by atoms with Gasteiger partial charge in [-0.3, -0.25) is 4.79 Å². The Morgan fingerprint density at radius 3 is 2.73 bits per heavy atom. The molecule has 0 atom stereocenters. The van der Waals surface area contributed by atoms with Crippen LogP contribution in [0, 0.1) is 6.92 Å². The van der Waals surface area contributed by atoms with Crippen molar-refractivity contribution >= 4 is 17.2 Å². The van der Waals surface area contributed by atoms with Crippen molar-refractivity contribution in [3.8, 4) is 0 Å². The summed E-state index contributed by atoms with van der Waals surface area (Å²) in [4.78, 5) is 14.0. The Morgan fingerprint density at radius 1 is 1.64 bits per heavy atom. The molecule has 0 radical (unpaired) electrons. The molecule has 0 amide bonds. The normalized spacial score (nSPS) is 9.55. The highest BCUT2D eigenvalue weighted by molar-refractivity contribution is 7.80. The summed E-state index contributed by atoms with van der Waals surface area (Å²) in [7, 11) is 0. The van der Waals surface area contributed by atoms with E-state index in [1.165, 1.54) is 12.1 Å². The molecular weight excluding hydrogens is 160 g/mol. The van der Waals surface area contributed by atoms with E-state index in [0.717, 1.165) is 5.69 Å². The van der Waals surface area contributed by atoms with E-state index in [0.29, 0.717) is 5.69 Å². The van der Waals surface area contributed by atoms with E-state index in [9.17, 15) is 4.79 Å². The van der Waals surface area contributed by atoms with Gasteiger partial charge in [0.2, 0.25) is 0 Å². The average molecular weight is 168 g/mol. The standard InChI is InChI=1S/C7H8N2OS/c1-4-2-5(10)3-6(9-4)7(8)11/h2-3H,1H3,(H2,8,11)(H,9,10). The fraction of sp³-hybridized carbons (Fsp3) is 0.143. The minimum atomic E-state index is -0.0796. The predicted molar refractivity (Wildman–Crippen MR) is 47.7 cm³/mol. The van der Waals surface area contributed by atoms with Gasteiger partial charge in [-0.1, -0.05) is 12.2 Å². The van der Waals surface area contributed by atoms with Crippen molar-refractivity contribution in [1.29, 1.82) is 0 Å². The fourth-order valence-electron chi connectivity index (χ4n) is 0.815. The molecule has 3 nitrogen and oxygen atoms in total. The summed E-state index contributed by atoms with van der Waals surface area (Å²) < 4.78 is 0. The van der Waals surface area contributed by atoms with E-state index < -0.39 is 0 Å². The third kappa shape index (κ3) is 1.88. The third-order valence-electron chi connectivity index (χ3n) is 1.24. The molecule has 0 spiro atoms. The maximum absolute atomic E-state index is 10.9. The largest absolute Gasteiger partial charge is 0.388 e. The van der Waals surface area contributed by atoms with Gasteiger partial charge in [-0.05, 0) is 6.92 Å². The van der Waals surface area contributed by atoms with Gasteiger partial charge in [-0.15, -0.1) is 0 Å². The molecule has 1 rings (SSSR count). The minimum absolute atomic E-state index is 0.0796. The molecule has 1 aromatic heterocycles. The van der Waals surface area contributed by atoms with Crippen LogP contribution in [0.25, 0.3) is 0 Å². The number of aromatic amines is 1. The highest BCUT2D eigenvalue weighted by Gasteiger charge is 1.97. The lowest BCUT2D eigenvalue weighted by Gasteiger charge is -1.98. The number of hydrogen-bond donors (Lipinski definition) is 2. The van der Waals surface area contributed by atoms with Crippen molar-refractivity contribution in [2.24, 2.45) is 5.73 Å². The smallest absolute Gasteiger partial charge is 0.182 e. The van der Waals surface area contributed by atoms with Gasteiger partial charge in [-0.25, -0.2) is 0 Å². The monoisotopic (exact) mass is 168 g/mol. The first-order valence-corrected chi connectivity index (χ1v) is 3.51. The number of nitrogens with two attached hydrogens (primary N) is 1. The minimum Gasteiger partial charge on any atom is -0.388 e. The van der Waals surface area contributed by atoms with Crippen molar-refractivity contribution in [1.82, 2.24) is 4.98 Å². The molecule has 0 aliphatic rings. The Labute approximate surface area is 69.2 Å². The van der Waals surface area contributed by atoms with E-state index in [-0.39, 0.29) is 10.4 Å². The molecule has 0 aliphatic carbocycles. The van der Waals surface area contributed by atoms with Crippen molar-refractivity contribution in [3.63, 3.8) is 0 Å². The fourth-order valence-corrected chi connectivity index (χ4v) is 0.925. The Kier molecular flexibility index (Phi) is 2.05. The Hall–Kier alpha value is -1.16. The molecule has 0 aliphatic heterocycles. The first kappa shape index (κ1) is 7.94. The van der Waals surface area contributed by atoms with E-state index in [4.69, 9.17) is 5.73 Å². The Morgan fingerprint density at radius 2 is 2.27 bits per heavy atom. The van der Waals surface area contributed by atoms with Gasteiger partial charge in [0.25, 0.3) is 0 Å². The molecule has 1 aromatic rings. The SMILES string of the molecule is Cc1cc(=O)cc(C(N)=S)[nH]1. The van der Waals surface area contributed by atoms with Crippen molar-refractivity contribution < 1.29 is 0 Å². The zero-order chi connectivity index (χ0) is 8.43. The van der Waals surface area contributed by atoms with Gasteiger partial charge in [0.1, 0.15) is 4.99 Å². The molecule has 1 heterocycles. The van der Waals surface area contributed by atoms with Crippen LogP contribution in [-0.2, 0) is 0 Å². The predicted octanol–water partition coefficient (Wildman–Crippen LogP) is 0.318. The molecule has 4 heteroatoms. The molecule has 58 valence electrons. The zero-order valence-corrected chi connectivity index (χ0v) is 6.87. The second kappa shape index (κ2) is 2.84. The van der Waals surface area contributed by atoms with Gasteiger partial charge in [0.05, 0.1) is 5.69 Å². The summed E-state index contributed by atoms with van der Waals surface area (Å²) in [6.07, 6.45) is 0. The maximum atomic E-state index is 10.9. The molecule has 0 unspecified atom stereocenters. The Bertz CT molecular complexity index is 343. The Balaban J connectivity index is 3.30. The molecule has 3 N–H and O–H groups in total. The van der Waals surface area contributed by atoms with Crippen LogP contribution in [0.2, 0.25) is 0 Å². The van der Waals surface area contributed by atoms with Gasteiger partial charge in [0, 0.05) is 17.8 Å². The number of aryl methyl sites for hydroxylation is 1. The zero-order valence-electron chi connectivity index (χ0n) is 6.05. The van der Waals surface area contributed by atoms with E-state index in [1.807, 2.05) is 0 Å². The number of thiocarbonyl (C=S) groups is 1. The summed E-state index contributed by atoms with van der Waals surface area (Å²) in [6.45, 7) is 1.78. The van der Waals surface area contributed by atoms with Crippen LogP contribution < -0.4 is 11.2 Å². The van der Waals surface area contributed by atoms with E-state index >= 15 is 0 Å². The summed E-state index contributed by atoms with van der Waals surface area (Å²) >= 11 is 4.69. The average Bonchev–Trinajstić information content (AvgIpc) is 1.85. The van der Waals surface area contributed by atoms with Crippen LogP contribution in [0.1, 0.15) is 11.4 Å². The van der Waals surface area contributed by atoms with Gasteiger partial charge in [-0.2, -0.15) is 0 Å². The summed E-state index contributed by atoms with van der Waals surface area (Å²) in [5.74, 6) is 0. The first-order chi connectivity index (χ1) is 5.09. The van der Waals surface area contributed by atoms with Gasteiger partial charge >= 0.3 is 0 Å². The number of pyridine rings is 1. The molecular formula is C7H8N2OS. The number of nitrogens with one attached hydrogen (secondary N) is 1. The van der Waals surface area contributed by atoms with E-state index in [2.05, 4.69) is 17.2 Å². The number of hydrogen-bond acceptors (Lipinski definition) is 2. The van der Waals surface area contributed by atoms with Crippen LogP contribution in [0.4, 0.5) is 0 Å². The molecule has 0 saturated heterocycles. The summed E-state index contributed by atoms with van der Waals surface area (Å²) in [5, 5.41) is 0. The lowest BCUT2D eigenvalue weighted by molar-refractivity contribution is 1.16. The van der Waals surface area contributed by atoms with Crippen molar-refractivity contribution in [2.75, 3.05) is 0 Å². The molecule has 11 heavy (non-hydrogen) atoms. The number of H-pyrrole nitrogens is 1. The third-order valence-corrected chi connectivity index (χ3v) is 1.46. The lowest BCUT2D eigenvalue weighted by Crippen LogP contribution is -2.15. The van der Waals surface area contributed by atoms with Crippen LogP contribution in [0.3, 0.4) is 0 Å². The van der Waals surface area contributed by atoms with Crippen LogP contribution in [-0.4, -0.2) is 9.97 Å². The summed E-state index contributed by atoms with van der Waals surface area (Å²) in [6, 6.07) is 2.87. The topological polar surface area (TPSA) is 58.9 Å². The van der Waals surface area contributed by atoms with Crippen LogP contribution >= 0.6 is 12.2 Å². The molecule has 0 fully saturated rings.